The van der Waals surface area contributed by atoms with E-state index in [1.54, 1.807) is 99.9 Å². The smallest absolute Gasteiger partial charge is 0.276 e. The van der Waals surface area contributed by atoms with Crippen LogP contribution in [0.25, 0.3) is 0 Å². The van der Waals surface area contributed by atoms with Gasteiger partial charge in [0.1, 0.15) is 92.7 Å². The average Bonchev–Trinajstić information content (AvgIpc) is 1.62. The van der Waals surface area contributed by atoms with Crippen molar-refractivity contribution < 1.29 is 24.0 Å². The molecule has 4 saturated carbocycles. The summed E-state index contributed by atoms with van der Waals surface area (Å²) in [5.41, 5.74) is 10.00. The summed E-state index contributed by atoms with van der Waals surface area (Å²) >= 11 is 11.5. The fourth-order valence-electron chi connectivity index (χ4n) is 13.3. The molecule has 3 atom stereocenters. The van der Waals surface area contributed by atoms with E-state index in [4.69, 9.17) is 34.7 Å². The molecular formula is C64H77Cl2N17O8. The van der Waals surface area contributed by atoms with Crippen LogP contribution < -0.4 is 60.0 Å². The molecule has 91 heavy (non-hydrogen) atoms. The van der Waals surface area contributed by atoms with Crippen LogP contribution in [0.3, 0.4) is 0 Å². The van der Waals surface area contributed by atoms with Crippen LogP contribution in [0.5, 0.6) is 0 Å². The third-order valence-electron chi connectivity index (χ3n) is 18.2. The normalized spacial score (nSPS) is 22.0. The molecule has 6 aromatic rings. The number of carbonyl (C=O) groups is 5. The molecule has 0 saturated heterocycles. The quantitative estimate of drug-likeness (QED) is 0.0679. The van der Waals surface area contributed by atoms with E-state index in [2.05, 4.69) is 61.8 Å². The molecule has 10 heterocycles. The highest BCUT2D eigenvalue weighted by Gasteiger charge is 2.49. The van der Waals surface area contributed by atoms with Crippen molar-refractivity contribution in [1.82, 2.24) is 64.9 Å². The topological polar surface area (TPSA) is 353 Å². The Hall–Kier alpha value is -9.10. The van der Waals surface area contributed by atoms with E-state index in [0.29, 0.717) is 80.8 Å². The van der Waals surface area contributed by atoms with Crippen molar-refractivity contribution in [2.24, 2.45) is 29.4 Å². The van der Waals surface area contributed by atoms with Crippen molar-refractivity contribution in [3.63, 3.8) is 0 Å². The van der Waals surface area contributed by atoms with Gasteiger partial charge in [-0.25, -0.2) is 29.9 Å². The highest BCUT2D eigenvalue weighted by atomic mass is 35.5. The summed E-state index contributed by atoms with van der Waals surface area (Å²) in [6.07, 6.45) is 30.1. The third-order valence-corrected chi connectivity index (χ3v) is 18.8. The summed E-state index contributed by atoms with van der Waals surface area (Å²) in [6.45, 7) is 8.02. The van der Waals surface area contributed by atoms with Crippen LogP contribution in [-0.2, 0) is 26.6 Å². The highest BCUT2D eigenvalue weighted by molar-refractivity contribution is 6.30. The summed E-state index contributed by atoms with van der Waals surface area (Å²) in [6, 6.07) is 14.8. The molecule has 4 aliphatic heterocycles. The summed E-state index contributed by atoms with van der Waals surface area (Å²) in [7, 11) is 0. The number of rotatable bonds is 9. The van der Waals surface area contributed by atoms with Crippen LogP contribution in [-0.4, -0.2) is 79.6 Å². The number of primary amides is 1. The van der Waals surface area contributed by atoms with E-state index >= 15 is 0 Å². The van der Waals surface area contributed by atoms with Gasteiger partial charge < -0.3 is 43.4 Å². The van der Waals surface area contributed by atoms with Gasteiger partial charge in [-0.1, -0.05) is 74.6 Å². The number of dihydropyridines is 1. The first-order valence-electron chi connectivity index (χ1n) is 30.7. The number of halogens is 2. The number of amides is 4. The maximum Gasteiger partial charge on any atom is 0.276 e. The maximum absolute atomic E-state index is 13.0. The van der Waals surface area contributed by atoms with Crippen LogP contribution in [0.15, 0.2) is 129 Å². The van der Waals surface area contributed by atoms with E-state index in [9.17, 15) is 38.4 Å². The van der Waals surface area contributed by atoms with Crippen molar-refractivity contribution in [2.75, 3.05) is 22.9 Å². The number of carbonyl (C=O) groups excluding carboxylic acids is 5. The lowest BCUT2D eigenvalue weighted by Gasteiger charge is -2.33. The molecule has 27 heteroatoms. The van der Waals surface area contributed by atoms with Gasteiger partial charge in [0.05, 0.1) is 12.2 Å². The molecule has 0 bridgehead atoms. The number of ketones is 1. The van der Waals surface area contributed by atoms with E-state index in [1.807, 2.05) is 20.8 Å². The SMILES string of the molecule is CC(=O)C1CCCC1.CC1(C2CCCC2)NC(=O)c2ccc(Cl)c(=O)n21.CC1(C2CCCC2)NC(=O)c2ccc(Nc3ccncn3)c(=O)n21.CC1(C2CCCC2)NC(=O)c2ccc(Nc3ccncn3)c(=O)n21.NC(=O)C1=CC=C(Cl)CN1.Nc1ccncn1. The van der Waals surface area contributed by atoms with Crippen LogP contribution in [0.4, 0.5) is 28.8 Å². The molecule has 4 amide bonds. The number of hydrogen-bond acceptors (Lipinski definition) is 18. The van der Waals surface area contributed by atoms with Gasteiger partial charge in [0.15, 0.2) is 0 Å². The van der Waals surface area contributed by atoms with E-state index < -0.39 is 22.9 Å². The summed E-state index contributed by atoms with van der Waals surface area (Å²) in [4.78, 5) is 119. The number of nitrogens with two attached hydrogens (primary N) is 2. The second-order valence-electron chi connectivity index (χ2n) is 24.1. The van der Waals surface area contributed by atoms with Gasteiger partial charge in [-0.3, -0.25) is 52.1 Å². The molecule has 4 fully saturated rings. The monoisotopic (exact) mass is 1280 g/mol. The Labute approximate surface area is 535 Å². The minimum absolute atomic E-state index is 0.166. The predicted octanol–water partition coefficient (Wildman–Crippen LogP) is 7.99. The van der Waals surface area contributed by atoms with Crippen LogP contribution in [0.2, 0.25) is 5.02 Å². The molecule has 4 aliphatic carbocycles. The standard InChI is InChI=1S/2C17H19N5O2.C13H15ClN2O2.C7H12O.C6H7ClN2O.C4H5N3/c2*1-17(11-4-2-3-5-11)21-15(23)13-7-6-12(16(24)22(13)17)20-14-8-9-18-10-19-14;1-13(8-4-2-3-5-8)15-11(17)10-7-6-9(14)12(18)16(10)13;1-6(8)7-4-2-3-5-7;7-4-1-2-5(6(8)10)9-3-4;5-4-1-2-6-3-7-4/h2*6-11H,2-5H2,1H3,(H,21,23)(H,18,19,20);6-8H,2-5H2,1H3,(H,15,17);7H,2-5H2,1H3;1-2,9H,3H2,(H2,8,10);1-3H,(H2,5,6,7). The second-order valence-corrected chi connectivity index (χ2v) is 25.0. The first-order chi connectivity index (χ1) is 43.6. The third kappa shape index (κ3) is 15.1. The molecule has 10 N–H and O–H groups in total. The number of nitrogens with zero attached hydrogens (tertiary/aromatic N) is 9. The molecule has 0 radical (unpaired) electrons. The number of anilines is 5. The summed E-state index contributed by atoms with van der Waals surface area (Å²) in [5, 5.41) is 18.7. The van der Waals surface area contributed by atoms with Gasteiger partial charge in [0.25, 0.3) is 40.3 Å². The molecule has 8 aliphatic rings. The fourth-order valence-corrected chi connectivity index (χ4v) is 13.6. The fraction of sp³-hybridized carbons (Fsp3) is 0.438. The molecule has 0 aromatic carbocycles. The summed E-state index contributed by atoms with van der Waals surface area (Å²) in [5.74, 6) is 2.25. The Morgan fingerprint density at radius 1 is 0.527 bits per heavy atom. The van der Waals surface area contributed by atoms with Gasteiger partial charge in [-0.05, 0) is 146 Å². The zero-order valence-electron chi connectivity index (χ0n) is 51.3. The van der Waals surface area contributed by atoms with Gasteiger partial charge >= 0.3 is 0 Å². The largest absolute Gasteiger partial charge is 0.384 e. The number of fused-ring (bicyclic) bond motifs is 3. The minimum atomic E-state index is -0.663. The highest BCUT2D eigenvalue weighted by Crippen LogP contribution is 2.42. The molecule has 6 aromatic heterocycles. The van der Waals surface area contributed by atoms with Crippen molar-refractivity contribution in [3.8, 4) is 0 Å². The number of Topliss-reactive ketones (excluding diaryl/α,β-unsaturated/α-hetero) is 1. The van der Waals surface area contributed by atoms with Crippen LogP contribution in [0, 0.1) is 23.7 Å². The lowest BCUT2D eigenvalue weighted by Crippen LogP contribution is -2.50. The number of allylic oxidation sites excluding steroid dienone is 2. The number of pyridine rings is 3. The van der Waals surface area contributed by atoms with Crippen molar-refractivity contribution >= 4 is 81.4 Å². The summed E-state index contributed by atoms with van der Waals surface area (Å²) < 4.78 is 4.79. The van der Waals surface area contributed by atoms with E-state index in [0.717, 1.165) is 89.9 Å². The number of nitrogens with one attached hydrogen (secondary N) is 6. The van der Waals surface area contributed by atoms with Gasteiger partial charge in [0.2, 0.25) is 0 Å². The van der Waals surface area contributed by atoms with Crippen LogP contribution >= 0.6 is 23.2 Å². The Balaban J connectivity index is 0.000000137. The van der Waals surface area contributed by atoms with E-state index in [-0.39, 0.29) is 51.3 Å². The van der Waals surface area contributed by atoms with Crippen LogP contribution in [0.1, 0.15) is 162 Å². The van der Waals surface area contributed by atoms with E-state index in [1.165, 1.54) is 37.9 Å². The zero-order chi connectivity index (χ0) is 65.0. The number of hydrogen-bond donors (Lipinski definition) is 8. The van der Waals surface area contributed by atoms with Crippen molar-refractivity contribution in [1.29, 1.82) is 0 Å². The predicted molar refractivity (Wildman–Crippen MR) is 345 cm³/mol. The molecule has 25 nitrogen and oxygen atoms in total. The van der Waals surface area contributed by atoms with Gasteiger partial charge in [-0.15, -0.1) is 0 Å². The average molecular weight is 1280 g/mol. The minimum Gasteiger partial charge on any atom is -0.384 e. The molecule has 0 spiro atoms. The Morgan fingerprint density at radius 3 is 1.23 bits per heavy atom. The van der Waals surface area contributed by atoms with Gasteiger partial charge in [-0.2, -0.15) is 0 Å². The second kappa shape index (κ2) is 29.2. The van der Waals surface area contributed by atoms with Gasteiger partial charge in [0, 0.05) is 47.3 Å². The number of aromatic nitrogens is 9. The Bertz CT molecular complexity index is 3740. The Morgan fingerprint density at radius 2 is 0.912 bits per heavy atom. The molecular weight excluding hydrogens is 1210 g/mol. The van der Waals surface area contributed by atoms with Crippen molar-refractivity contribution in [2.45, 2.75) is 147 Å². The number of nitrogen functional groups attached to an aromatic ring is 1. The maximum atomic E-state index is 13.0. The Kier molecular flexibility index (Phi) is 21.3. The lowest BCUT2D eigenvalue weighted by molar-refractivity contribution is -0.120. The van der Waals surface area contributed by atoms with Crippen molar-refractivity contribution in [3.05, 3.63) is 168 Å². The molecule has 3 unspecified atom stereocenters. The lowest BCUT2D eigenvalue weighted by atomic mass is 9.92. The first kappa shape index (κ1) is 66.3. The first-order valence-corrected chi connectivity index (χ1v) is 31.5. The molecule has 480 valence electrons. The molecule has 14 rings (SSSR count). The zero-order valence-corrected chi connectivity index (χ0v) is 52.9.